The molecule has 2 heterocycles. The quantitative estimate of drug-likeness (QED) is 0.0403. The first-order chi connectivity index (χ1) is 29.3. The number of likely N-dealkylation sites (tertiary alicyclic amines) is 1. The summed E-state index contributed by atoms with van der Waals surface area (Å²) >= 11 is 1.11. The predicted molar refractivity (Wildman–Crippen MR) is 238 cm³/mol. The molecule has 6 atom stereocenters. The van der Waals surface area contributed by atoms with Crippen molar-refractivity contribution in [1.29, 1.82) is 0 Å². The zero-order valence-electron chi connectivity index (χ0n) is 37.5. The fourth-order valence-corrected chi connectivity index (χ4v) is 8.13. The number of esters is 1. The van der Waals surface area contributed by atoms with Crippen LogP contribution >= 0.6 is 11.3 Å². The van der Waals surface area contributed by atoms with E-state index in [9.17, 15) is 33.9 Å². The number of hydrogen-bond donors (Lipinski definition) is 5. The molecule has 62 heavy (non-hydrogen) atoms. The maximum absolute atomic E-state index is 14.7. The summed E-state index contributed by atoms with van der Waals surface area (Å²) in [6.07, 6.45) is 9.03. The summed E-state index contributed by atoms with van der Waals surface area (Å²) in [5.41, 5.74) is 5.58. The third-order valence-corrected chi connectivity index (χ3v) is 12.1. The summed E-state index contributed by atoms with van der Waals surface area (Å²) in [5.74, 6) is -1.08. The largest absolute Gasteiger partial charge is 0.481 e. The van der Waals surface area contributed by atoms with Crippen molar-refractivity contribution in [2.45, 2.75) is 137 Å². The van der Waals surface area contributed by atoms with Gasteiger partial charge in [-0.15, -0.1) is 23.7 Å². The molecule has 17 heteroatoms. The molecule has 0 bridgehead atoms. The van der Waals surface area contributed by atoms with Crippen molar-refractivity contribution in [2.75, 3.05) is 32.1 Å². The molecule has 1 aromatic carbocycles. The third kappa shape index (κ3) is 15.5. The van der Waals surface area contributed by atoms with Crippen LogP contribution in [0.15, 0.2) is 29.6 Å². The van der Waals surface area contributed by atoms with Crippen molar-refractivity contribution in [3.05, 3.63) is 45.9 Å². The molecule has 1 aliphatic heterocycles. The third-order valence-electron chi connectivity index (χ3n) is 11.2. The van der Waals surface area contributed by atoms with Crippen LogP contribution in [-0.2, 0) is 40.0 Å². The number of unbranched alkanes of at least 4 members (excludes halogenated alkanes) is 1. The zero-order chi connectivity index (χ0) is 46.1. The normalized spacial score (nSPS) is 16.8. The number of thiazole rings is 1. The molecule has 2 aromatic rings. The molecule has 0 aliphatic carbocycles. The number of aromatic nitrogens is 1. The van der Waals surface area contributed by atoms with Gasteiger partial charge in [-0.2, -0.15) is 0 Å². The van der Waals surface area contributed by atoms with E-state index in [2.05, 4.69) is 26.9 Å². The number of rotatable bonds is 24. The van der Waals surface area contributed by atoms with E-state index < -0.39 is 53.4 Å². The van der Waals surface area contributed by atoms with Gasteiger partial charge in [0.15, 0.2) is 6.10 Å². The van der Waals surface area contributed by atoms with Gasteiger partial charge in [0, 0.05) is 36.9 Å². The van der Waals surface area contributed by atoms with E-state index in [4.69, 9.17) is 21.7 Å². The van der Waals surface area contributed by atoms with Crippen molar-refractivity contribution >= 4 is 52.6 Å². The first-order valence-corrected chi connectivity index (χ1v) is 22.3. The van der Waals surface area contributed by atoms with Crippen LogP contribution in [0.4, 0.5) is 5.69 Å². The Labute approximate surface area is 370 Å². The molecule has 1 fully saturated rings. The van der Waals surface area contributed by atoms with Crippen molar-refractivity contribution in [2.24, 2.45) is 23.0 Å². The first-order valence-electron chi connectivity index (χ1n) is 21.5. The standard InChI is InChI=1S/C45H67N7O9S/c1-10-12-15-22-60-52(43(57)39(29(5)11-2)50-41(56)35-16-13-14-21-51(35)9)36(28(3)4)24-37(61-30(6)53)42-49-34(27-62-42)40(55)48-33(25-45(7,8)44(58)59)23-31-17-19-32(20-18-31)47-38(54)26-46/h1,17-20,27-29,33,35-37,39H,11-16,21-26,46H2,2-9H3,(H,47,54)(H,48,55)(H,50,56)(H,58,59)/t29-,33-,35+,36+,37+,39-/m0/s1. The second-order valence-electron chi connectivity index (χ2n) is 17.1. The van der Waals surface area contributed by atoms with Gasteiger partial charge < -0.3 is 31.5 Å². The minimum atomic E-state index is -1.19. The van der Waals surface area contributed by atoms with E-state index >= 15 is 0 Å². The number of piperidine rings is 1. The highest BCUT2D eigenvalue weighted by Crippen LogP contribution is 2.32. The number of nitrogens with zero attached hydrogens (tertiary/aromatic N) is 3. The Bertz CT molecular complexity index is 1860. The Balaban J connectivity index is 1.94. The Morgan fingerprint density at radius 3 is 2.39 bits per heavy atom. The Hall–Kier alpha value is -4.89. The van der Waals surface area contributed by atoms with Crippen LogP contribution in [0.1, 0.15) is 127 Å². The van der Waals surface area contributed by atoms with Gasteiger partial charge in [-0.3, -0.25) is 38.5 Å². The number of nitrogens with two attached hydrogens (primary N) is 1. The van der Waals surface area contributed by atoms with E-state index in [1.807, 2.05) is 39.6 Å². The summed E-state index contributed by atoms with van der Waals surface area (Å²) in [7, 11) is 1.91. The Morgan fingerprint density at radius 2 is 1.81 bits per heavy atom. The highest BCUT2D eigenvalue weighted by atomic mass is 32.1. The fourth-order valence-electron chi connectivity index (χ4n) is 7.29. The van der Waals surface area contributed by atoms with Crippen molar-refractivity contribution in [3.8, 4) is 12.3 Å². The molecule has 3 rings (SSSR count). The van der Waals surface area contributed by atoms with E-state index in [-0.39, 0.29) is 67.8 Å². The van der Waals surface area contributed by atoms with Gasteiger partial charge in [-0.1, -0.05) is 52.7 Å². The predicted octanol–water partition coefficient (Wildman–Crippen LogP) is 5.09. The summed E-state index contributed by atoms with van der Waals surface area (Å²) in [6.45, 7) is 12.9. The lowest BCUT2D eigenvalue weighted by Crippen LogP contribution is -2.58. The number of likely N-dealkylation sites (N-methyl/N-ethyl adjacent to an activating group) is 1. The fraction of sp³-hybridized carbons (Fsp3) is 0.622. The van der Waals surface area contributed by atoms with E-state index in [1.165, 1.54) is 17.4 Å². The van der Waals surface area contributed by atoms with Crippen LogP contribution in [0.3, 0.4) is 0 Å². The van der Waals surface area contributed by atoms with Crippen LogP contribution in [0, 0.1) is 29.6 Å². The number of carboxylic acid groups (broad SMARTS) is 1. The minimum absolute atomic E-state index is 0.0342. The van der Waals surface area contributed by atoms with Crippen molar-refractivity contribution < 1.29 is 43.4 Å². The Morgan fingerprint density at radius 1 is 1.11 bits per heavy atom. The molecular weight excluding hydrogens is 815 g/mol. The molecule has 0 saturated carbocycles. The lowest BCUT2D eigenvalue weighted by Gasteiger charge is -2.39. The smallest absolute Gasteiger partial charge is 0.309 e. The van der Waals surface area contributed by atoms with Crippen molar-refractivity contribution in [1.82, 2.24) is 25.6 Å². The topological polar surface area (TPSA) is 223 Å². The van der Waals surface area contributed by atoms with Crippen LogP contribution in [-0.4, -0.2) is 107 Å². The number of anilines is 1. The van der Waals surface area contributed by atoms with Gasteiger partial charge in [0.2, 0.25) is 11.8 Å². The SMILES string of the molecule is C#CCCCON(C(=O)[C@@H](NC(=O)[C@H]1CCCCN1C)[C@@H](C)CC)[C@H](C[C@@H](OC(C)=O)c1nc(C(=O)N[C@@H](Cc2ccc(NC(=O)CN)cc2)CC(C)(C)C(=O)O)cs1)C(C)C. The van der Waals surface area contributed by atoms with Gasteiger partial charge in [0.05, 0.1) is 30.7 Å². The second kappa shape index (κ2) is 24.7. The number of aliphatic carboxylic acids is 1. The summed E-state index contributed by atoms with van der Waals surface area (Å²) in [5, 5.41) is 21.8. The Kier molecular flexibility index (Phi) is 20.5. The lowest BCUT2D eigenvalue weighted by molar-refractivity contribution is -0.213. The number of carbonyl (C=O) groups excluding carboxylic acids is 5. The van der Waals surface area contributed by atoms with Crippen molar-refractivity contribution in [3.63, 3.8) is 0 Å². The molecule has 342 valence electrons. The molecule has 1 aliphatic rings. The molecule has 16 nitrogen and oxygen atoms in total. The molecular formula is C45H67N7O9S. The first kappa shape index (κ1) is 51.5. The number of nitrogens with one attached hydrogen (secondary N) is 3. The summed E-state index contributed by atoms with van der Waals surface area (Å²) in [6, 6.07) is 4.36. The number of hydroxylamine groups is 2. The molecule has 0 unspecified atom stereocenters. The average Bonchev–Trinajstić information content (AvgIpc) is 3.72. The molecule has 1 aromatic heterocycles. The molecule has 6 N–H and O–H groups in total. The van der Waals surface area contributed by atoms with Gasteiger partial charge in [-0.05, 0) is 89.1 Å². The lowest BCUT2D eigenvalue weighted by atomic mass is 9.84. The monoisotopic (exact) mass is 881 g/mol. The number of ether oxygens (including phenoxy) is 1. The maximum atomic E-state index is 14.7. The number of carbonyl (C=O) groups is 6. The van der Waals surface area contributed by atoms with Gasteiger partial charge in [0.1, 0.15) is 16.7 Å². The van der Waals surface area contributed by atoms with Gasteiger partial charge in [-0.25, -0.2) is 10.0 Å². The van der Waals surface area contributed by atoms with E-state index in [0.29, 0.717) is 36.4 Å². The zero-order valence-corrected chi connectivity index (χ0v) is 38.3. The number of hydrogen-bond acceptors (Lipinski definition) is 12. The number of terminal acetylenes is 1. The average molecular weight is 882 g/mol. The minimum Gasteiger partial charge on any atom is -0.481 e. The molecule has 0 radical (unpaired) electrons. The number of amides is 4. The van der Waals surface area contributed by atoms with E-state index in [1.54, 1.807) is 38.1 Å². The maximum Gasteiger partial charge on any atom is 0.309 e. The molecule has 4 amide bonds. The highest BCUT2D eigenvalue weighted by molar-refractivity contribution is 7.09. The summed E-state index contributed by atoms with van der Waals surface area (Å²) in [4.78, 5) is 91.7. The van der Waals surface area contributed by atoms with Gasteiger partial charge >= 0.3 is 11.9 Å². The van der Waals surface area contributed by atoms with E-state index in [0.717, 1.165) is 36.3 Å². The molecule has 1 saturated heterocycles. The second-order valence-corrected chi connectivity index (χ2v) is 18.0. The summed E-state index contributed by atoms with van der Waals surface area (Å²) < 4.78 is 5.84. The van der Waals surface area contributed by atoms with Crippen LogP contribution in [0.2, 0.25) is 0 Å². The molecule has 0 spiro atoms. The highest BCUT2D eigenvalue weighted by Gasteiger charge is 2.40. The van der Waals surface area contributed by atoms with Crippen LogP contribution < -0.4 is 21.7 Å². The van der Waals surface area contributed by atoms with Crippen LogP contribution in [0.5, 0.6) is 0 Å². The van der Waals surface area contributed by atoms with Crippen LogP contribution in [0.25, 0.3) is 0 Å². The number of carboxylic acids is 1. The van der Waals surface area contributed by atoms with Gasteiger partial charge in [0.25, 0.3) is 11.8 Å². The number of benzene rings is 1.